The van der Waals surface area contributed by atoms with Crippen molar-refractivity contribution < 1.29 is 14.3 Å². The van der Waals surface area contributed by atoms with Crippen LogP contribution in [0.2, 0.25) is 0 Å². The minimum Gasteiger partial charge on any atom is -0.465 e. The molecule has 0 unspecified atom stereocenters. The third-order valence-electron chi connectivity index (χ3n) is 1.56. The second kappa shape index (κ2) is 5.63. The van der Waals surface area contributed by atoms with Crippen molar-refractivity contribution in [3.05, 3.63) is 40.6 Å². The summed E-state index contributed by atoms with van der Waals surface area (Å²) in [5.74, 6) is -0.0220. The highest BCUT2D eigenvalue weighted by Crippen LogP contribution is 2.18. The lowest BCUT2D eigenvalue weighted by Gasteiger charge is -2.04. The molecule has 0 radical (unpaired) electrons. The smallest absolute Gasteiger partial charge is 0.337 e. The molecule has 0 spiro atoms. The largest absolute Gasteiger partial charge is 0.465 e. The first-order chi connectivity index (χ1) is 7.17. The Hall–Kier alpha value is -1.19. The Balaban J connectivity index is 2.88. The second-order valence-corrected chi connectivity index (χ2v) is 3.13. The number of hydrogen-bond acceptors (Lipinski definition) is 3. The Morgan fingerprint density at radius 1 is 1.47 bits per heavy atom. The molecule has 1 rings (SSSR count). The Labute approximate surface area is 97.2 Å². The van der Waals surface area contributed by atoms with E-state index in [0.717, 1.165) is 5.54 Å². The van der Waals surface area contributed by atoms with Gasteiger partial charge in [0.2, 0.25) is 5.22 Å². The maximum Gasteiger partial charge on any atom is 0.337 e. The Morgan fingerprint density at radius 2 is 2.20 bits per heavy atom. The first-order valence-electron chi connectivity index (χ1n) is 3.99. The van der Waals surface area contributed by atoms with Gasteiger partial charge in [0, 0.05) is 0 Å². The van der Waals surface area contributed by atoms with Crippen molar-refractivity contribution in [2.45, 2.75) is 0 Å². The molecule has 0 saturated heterocycles. The molecule has 15 heavy (non-hydrogen) atoms. The van der Waals surface area contributed by atoms with Gasteiger partial charge in [0.15, 0.2) is 0 Å². The van der Waals surface area contributed by atoms with E-state index in [1.807, 2.05) is 0 Å². The summed E-state index contributed by atoms with van der Waals surface area (Å²) in [5, 5.41) is 0.0266. The maximum atomic E-state index is 11.2. The van der Waals surface area contributed by atoms with Crippen molar-refractivity contribution >= 4 is 29.2 Å². The van der Waals surface area contributed by atoms with Crippen LogP contribution in [0.5, 0.6) is 5.75 Å². The van der Waals surface area contributed by atoms with Gasteiger partial charge in [0.25, 0.3) is 0 Å². The van der Waals surface area contributed by atoms with Crippen LogP contribution >= 0.6 is 23.2 Å². The van der Waals surface area contributed by atoms with E-state index in [0.29, 0.717) is 11.3 Å². The molecule has 5 heteroatoms. The van der Waals surface area contributed by atoms with E-state index >= 15 is 0 Å². The predicted octanol–water partition coefficient (Wildman–Crippen LogP) is 3.13. The van der Waals surface area contributed by atoms with E-state index in [2.05, 4.69) is 4.74 Å². The highest BCUT2D eigenvalue weighted by atomic mass is 35.5. The minimum absolute atomic E-state index is 0.0266. The van der Waals surface area contributed by atoms with Crippen LogP contribution in [-0.2, 0) is 4.74 Å². The molecule has 0 aliphatic heterocycles. The number of halogens is 2. The van der Waals surface area contributed by atoms with Crippen LogP contribution < -0.4 is 4.74 Å². The fourth-order valence-corrected chi connectivity index (χ4v) is 1.07. The van der Waals surface area contributed by atoms with Crippen molar-refractivity contribution in [2.24, 2.45) is 0 Å². The number of hydrogen-bond donors (Lipinski definition) is 0. The fraction of sp³-hybridized carbons (Fsp3) is 0.100. The molecule has 0 bridgehead atoms. The third-order valence-corrected chi connectivity index (χ3v) is 2.05. The molecular weight excluding hydrogens is 239 g/mol. The van der Waals surface area contributed by atoms with Gasteiger partial charge in [-0.1, -0.05) is 17.7 Å². The Bertz CT molecular complexity index is 388. The molecule has 3 nitrogen and oxygen atoms in total. The average Bonchev–Trinajstić information content (AvgIpc) is 2.28. The topological polar surface area (TPSA) is 35.5 Å². The number of carbonyl (C=O) groups is 1. The summed E-state index contributed by atoms with van der Waals surface area (Å²) >= 11 is 10.9. The van der Waals surface area contributed by atoms with Crippen LogP contribution in [0.15, 0.2) is 35.0 Å². The number of ether oxygens (including phenoxy) is 2. The van der Waals surface area contributed by atoms with E-state index in [1.54, 1.807) is 18.2 Å². The monoisotopic (exact) mass is 246 g/mol. The van der Waals surface area contributed by atoms with E-state index in [-0.39, 0.29) is 5.22 Å². The first-order valence-corrected chi connectivity index (χ1v) is 4.81. The Morgan fingerprint density at radius 3 is 2.80 bits per heavy atom. The van der Waals surface area contributed by atoms with Gasteiger partial charge >= 0.3 is 5.97 Å². The van der Waals surface area contributed by atoms with Crippen molar-refractivity contribution in [1.29, 1.82) is 0 Å². The quantitative estimate of drug-likeness (QED) is 0.608. The van der Waals surface area contributed by atoms with Crippen LogP contribution in [0.1, 0.15) is 10.4 Å². The summed E-state index contributed by atoms with van der Waals surface area (Å²) < 4.78 is 9.64. The first kappa shape index (κ1) is 11.9. The van der Waals surface area contributed by atoms with Gasteiger partial charge in [0.05, 0.1) is 18.2 Å². The van der Waals surface area contributed by atoms with Crippen molar-refractivity contribution in [1.82, 2.24) is 0 Å². The standard InChI is InChI=1S/C10H8Cl2O3/c1-14-10(13)7-3-2-4-8(5-7)15-9(12)6-11/h2-6H,1H3. The van der Waals surface area contributed by atoms with Crippen LogP contribution in [0.25, 0.3) is 0 Å². The van der Waals surface area contributed by atoms with Crippen molar-refractivity contribution in [2.75, 3.05) is 7.11 Å². The van der Waals surface area contributed by atoms with Crippen LogP contribution in [0.3, 0.4) is 0 Å². The van der Waals surface area contributed by atoms with E-state index in [1.165, 1.54) is 13.2 Å². The molecule has 0 aliphatic carbocycles. The lowest BCUT2D eigenvalue weighted by Crippen LogP contribution is -2.01. The number of carbonyl (C=O) groups excluding carboxylic acids is 1. The van der Waals surface area contributed by atoms with Gasteiger partial charge < -0.3 is 9.47 Å². The zero-order chi connectivity index (χ0) is 11.3. The lowest BCUT2D eigenvalue weighted by molar-refractivity contribution is 0.0600. The van der Waals surface area contributed by atoms with Gasteiger partial charge in [-0.15, -0.1) is 0 Å². The van der Waals surface area contributed by atoms with E-state index < -0.39 is 5.97 Å². The van der Waals surface area contributed by atoms with Gasteiger partial charge in [-0.3, -0.25) is 0 Å². The third kappa shape index (κ3) is 3.46. The zero-order valence-electron chi connectivity index (χ0n) is 7.87. The molecular formula is C10H8Cl2O3. The molecule has 80 valence electrons. The second-order valence-electron chi connectivity index (χ2n) is 2.53. The van der Waals surface area contributed by atoms with E-state index in [4.69, 9.17) is 27.9 Å². The molecule has 0 atom stereocenters. The summed E-state index contributed by atoms with van der Waals surface area (Å²) in [6.07, 6.45) is 0. The number of benzene rings is 1. The SMILES string of the molecule is COC(=O)c1cccc(OC(Cl)=CCl)c1. The highest BCUT2D eigenvalue weighted by Gasteiger charge is 2.06. The highest BCUT2D eigenvalue weighted by molar-refractivity contribution is 6.35. The lowest BCUT2D eigenvalue weighted by atomic mass is 10.2. The zero-order valence-corrected chi connectivity index (χ0v) is 9.38. The molecule has 0 fully saturated rings. The molecule has 1 aromatic rings. The minimum atomic E-state index is -0.438. The Kier molecular flexibility index (Phi) is 4.46. The van der Waals surface area contributed by atoms with Crippen LogP contribution in [0, 0.1) is 0 Å². The summed E-state index contributed by atoms with van der Waals surface area (Å²) in [5.41, 5.74) is 1.47. The van der Waals surface area contributed by atoms with Crippen molar-refractivity contribution in [3.63, 3.8) is 0 Å². The predicted molar refractivity (Wildman–Crippen MR) is 58.2 cm³/mol. The number of esters is 1. The maximum absolute atomic E-state index is 11.2. The molecule has 1 aromatic carbocycles. The van der Waals surface area contributed by atoms with Gasteiger partial charge in [0.1, 0.15) is 5.75 Å². The van der Waals surface area contributed by atoms with Gasteiger partial charge in [-0.05, 0) is 29.8 Å². The van der Waals surface area contributed by atoms with E-state index in [9.17, 15) is 4.79 Å². The summed E-state index contributed by atoms with van der Waals surface area (Å²) in [7, 11) is 1.31. The molecule has 0 N–H and O–H groups in total. The van der Waals surface area contributed by atoms with Crippen LogP contribution in [0.4, 0.5) is 0 Å². The van der Waals surface area contributed by atoms with Gasteiger partial charge in [-0.25, -0.2) is 4.79 Å². The number of rotatable bonds is 3. The molecule has 0 amide bonds. The molecule has 0 heterocycles. The molecule has 0 aromatic heterocycles. The molecule has 0 saturated carbocycles. The molecule has 0 aliphatic rings. The van der Waals surface area contributed by atoms with Gasteiger partial charge in [-0.2, -0.15) is 0 Å². The number of methoxy groups -OCH3 is 1. The summed E-state index contributed by atoms with van der Waals surface area (Å²) in [6, 6.07) is 6.42. The average molecular weight is 247 g/mol. The summed E-state index contributed by atoms with van der Waals surface area (Å²) in [4.78, 5) is 11.2. The van der Waals surface area contributed by atoms with Crippen molar-refractivity contribution in [3.8, 4) is 5.75 Å². The normalized spacial score (nSPS) is 11.0. The summed E-state index contributed by atoms with van der Waals surface area (Å²) in [6.45, 7) is 0. The fourth-order valence-electron chi connectivity index (χ4n) is 0.939. The van der Waals surface area contributed by atoms with Crippen LogP contribution in [-0.4, -0.2) is 13.1 Å².